The predicted octanol–water partition coefficient (Wildman–Crippen LogP) is 4.20. The first-order valence-electron chi connectivity index (χ1n) is 8.19. The molecule has 3 aromatic rings. The van der Waals surface area contributed by atoms with Crippen molar-refractivity contribution < 1.29 is 27.8 Å². The van der Waals surface area contributed by atoms with Crippen LogP contribution in [0.3, 0.4) is 0 Å². The van der Waals surface area contributed by atoms with Crippen LogP contribution in [0.1, 0.15) is 27.4 Å². The molecule has 1 N–H and O–H groups in total. The standard InChI is InChI=1S/C16H10BrF3N6O5/c1-6-3-11(16(18,19)20)24-14(21-6)12(17)13(23-24)15(27)22-8-4-9(25(28)29)7(2)10(5-8)26(30)31/h3-5H,1-2H3,(H,22,27). The van der Waals surface area contributed by atoms with Crippen LogP contribution in [0.15, 0.2) is 22.7 Å². The first kappa shape index (κ1) is 22.1. The molecule has 0 saturated heterocycles. The number of aryl methyl sites for hydroxylation is 1. The number of nitrogens with zero attached hydrogens (tertiary/aromatic N) is 5. The summed E-state index contributed by atoms with van der Waals surface area (Å²) < 4.78 is 40.3. The van der Waals surface area contributed by atoms with Crippen molar-refractivity contribution in [1.29, 1.82) is 0 Å². The predicted molar refractivity (Wildman–Crippen MR) is 103 cm³/mol. The SMILES string of the molecule is Cc1cc(C(F)(F)F)n2nc(C(=O)Nc3cc([N+](=O)[O-])c(C)c([N+](=O)[O-])c3)c(Br)c2n1. The van der Waals surface area contributed by atoms with E-state index in [-0.39, 0.29) is 27.1 Å². The Labute approximate surface area is 178 Å². The van der Waals surface area contributed by atoms with Crippen LogP contribution in [0.5, 0.6) is 0 Å². The number of nitro groups is 2. The maximum Gasteiger partial charge on any atom is 0.433 e. The zero-order valence-corrected chi connectivity index (χ0v) is 17.1. The summed E-state index contributed by atoms with van der Waals surface area (Å²) in [6, 6.07) is 2.54. The van der Waals surface area contributed by atoms with Crippen LogP contribution < -0.4 is 5.32 Å². The molecule has 31 heavy (non-hydrogen) atoms. The Morgan fingerprint density at radius 1 is 1.13 bits per heavy atom. The van der Waals surface area contributed by atoms with Crippen LogP contribution in [0, 0.1) is 34.1 Å². The Kier molecular flexibility index (Phi) is 5.39. The molecule has 0 saturated carbocycles. The number of carbonyl (C=O) groups is 1. The fourth-order valence-corrected chi connectivity index (χ4v) is 3.30. The lowest BCUT2D eigenvalue weighted by Crippen LogP contribution is -2.16. The maximum atomic E-state index is 13.3. The highest BCUT2D eigenvalue weighted by Gasteiger charge is 2.36. The minimum atomic E-state index is -4.79. The highest BCUT2D eigenvalue weighted by Crippen LogP contribution is 2.34. The summed E-state index contributed by atoms with van der Waals surface area (Å²) in [5, 5.41) is 28.2. The van der Waals surface area contributed by atoms with Gasteiger partial charge in [-0.1, -0.05) is 0 Å². The Bertz CT molecular complexity index is 1240. The average molecular weight is 503 g/mol. The number of amides is 1. The molecule has 0 aliphatic heterocycles. The van der Waals surface area contributed by atoms with Gasteiger partial charge in [0.15, 0.2) is 11.3 Å². The van der Waals surface area contributed by atoms with Gasteiger partial charge in [0.1, 0.15) is 11.3 Å². The number of halogens is 4. The summed E-state index contributed by atoms with van der Waals surface area (Å²) in [4.78, 5) is 37.2. The van der Waals surface area contributed by atoms with Gasteiger partial charge in [-0.2, -0.15) is 18.3 Å². The van der Waals surface area contributed by atoms with Crippen molar-refractivity contribution in [2.24, 2.45) is 0 Å². The summed E-state index contributed by atoms with van der Waals surface area (Å²) in [5.41, 5.74) is -3.69. The fraction of sp³-hybridized carbons (Fsp3) is 0.188. The van der Waals surface area contributed by atoms with Gasteiger partial charge >= 0.3 is 6.18 Å². The lowest BCUT2D eigenvalue weighted by molar-refractivity contribution is -0.395. The molecule has 3 rings (SSSR count). The number of hydrogen-bond donors (Lipinski definition) is 1. The van der Waals surface area contributed by atoms with Crippen LogP contribution in [-0.4, -0.2) is 30.4 Å². The number of aromatic nitrogens is 3. The van der Waals surface area contributed by atoms with E-state index in [9.17, 15) is 38.2 Å². The molecule has 1 amide bonds. The van der Waals surface area contributed by atoms with Gasteiger partial charge in [-0.25, -0.2) is 9.50 Å². The van der Waals surface area contributed by atoms with E-state index in [0.717, 1.165) is 18.2 Å². The number of fused-ring (bicyclic) bond motifs is 1. The van der Waals surface area contributed by atoms with Crippen LogP contribution in [-0.2, 0) is 6.18 Å². The van der Waals surface area contributed by atoms with Crippen molar-refractivity contribution in [1.82, 2.24) is 14.6 Å². The summed E-state index contributed by atoms with van der Waals surface area (Å²) in [7, 11) is 0. The number of anilines is 1. The van der Waals surface area contributed by atoms with E-state index in [1.54, 1.807) is 0 Å². The van der Waals surface area contributed by atoms with Crippen molar-refractivity contribution in [3.63, 3.8) is 0 Å². The molecule has 11 nitrogen and oxygen atoms in total. The Morgan fingerprint density at radius 2 is 1.68 bits per heavy atom. The molecular formula is C16H10BrF3N6O5. The number of nitro benzene ring substituents is 2. The minimum Gasteiger partial charge on any atom is -0.320 e. The quantitative estimate of drug-likeness (QED) is 0.415. The van der Waals surface area contributed by atoms with Crippen LogP contribution >= 0.6 is 15.9 Å². The maximum absolute atomic E-state index is 13.3. The van der Waals surface area contributed by atoms with E-state index >= 15 is 0 Å². The van der Waals surface area contributed by atoms with Crippen molar-refractivity contribution >= 4 is 44.5 Å². The van der Waals surface area contributed by atoms with Crippen molar-refractivity contribution in [2.45, 2.75) is 20.0 Å². The van der Waals surface area contributed by atoms with Gasteiger partial charge < -0.3 is 5.32 Å². The fourth-order valence-electron chi connectivity index (χ4n) is 2.79. The van der Waals surface area contributed by atoms with Gasteiger partial charge in [0, 0.05) is 17.8 Å². The molecule has 0 spiro atoms. The molecule has 0 aliphatic carbocycles. The van der Waals surface area contributed by atoms with E-state index in [4.69, 9.17) is 0 Å². The second kappa shape index (κ2) is 7.57. The molecule has 2 heterocycles. The van der Waals surface area contributed by atoms with Crippen molar-refractivity contribution in [3.05, 3.63) is 65.5 Å². The van der Waals surface area contributed by atoms with Gasteiger partial charge in [0.05, 0.1) is 20.0 Å². The van der Waals surface area contributed by atoms with Gasteiger partial charge in [-0.3, -0.25) is 25.0 Å². The molecule has 162 valence electrons. The second-order valence-electron chi connectivity index (χ2n) is 6.29. The molecule has 2 aromatic heterocycles. The Morgan fingerprint density at radius 3 is 2.16 bits per heavy atom. The summed E-state index contributed by atoms with van der Waals surface area (Å²) in [6.45, 7) is 2.51. The van der Waals surface area contributed by atoms with Crippen LogP contribution in [0.25, 0.3) is 5.65 Å². The van der Waals surface area contributed by atoms with Gasteiger partial charge in [0.2, 0.25) is 0 Å². The minimum absolute atomic E-state index is 0.0252. The average Bonchev–Trinajstić information content (AvgIpc) is 2.97. The first-order valence-corrected chi connectivity index (χ1v) is 8.98. The lowest BCUT2D eigenvalue weighted by Gasteiger charge is -2.09. The monoisotopic (exact) mass is 502 g/mol. The number of alkyl halides is 3. The second-order valence-corrected chi connectivity index (χ2v) is 7.08. The van der Waals surface area contributed by atoms with Crippen molar-refractivity contribution in [3.8, 4) is 0 Å². The van der Waals surface area contributed by atoms with Gasteiger partial charge in [-0.15, -0.1) is 0 Å². The van der Waals surface area contributed by atoms with Crippen molar-refractivity contribution in [2.75, 3.05) is 5.32 Å². The highest BCUT2D eigenvalue weighted by molar-refractivity contribution is 9.10. The third-order valence-electron chi connectivity index (χ3n) is 4.17. The molecule has 0 unspecified atom stereocenters. The smallest absolute Gasteiger partial charge is 0.320 e. The third-order valence-corrected chi connectivity index (χ3v) is 4.90. The summed E-state index contributed by atoms with van der Waals surface area (Å²) >= 11 is 3.00. The zero-order chi connectivity index (χ0) is 23.2. The molecule has 15 heteroatoms. The molecular weight excluding hydrogens is 493 g/mol. The van der Waals surface area contributed by atoms with E-state index in [1.807, 2.05) is 0 Å². The van der Waals surface area contributed by atoms with Gasteiger partial charge in [0.25, 0.3) is 17.3 Å². The Hall–Kier alpha value is -3.62. The number of hydrogen-bond acceptors (Lipinski definition) is 7. The Balaban J connectivity index is 2.10. The van der Waals surface area contributed by atoms with E-state index < -0.39 is 44.7 Å². The largest absolute Gasteiger partial charge is 0.433 e. The topological polar surface area (TPSA) is 146 Å². The lowest BCUT2D eigenvalue weighted by atomic mass is 10.1. The third kappa shape index (κ3) is 4.03. The number of benzene rings is 1. The molecule has 0 bridgehead atoms. The molecule has 0 aliphatic rings. The highest BCUT2D eigenvalue weighted by atomic mass is 79.9. The number of carbonyl (C=O) groups excluding carboxylic acids is 1. The molecule has 0 radical (unpaired) electrons. The van der Waals surface area contributed by atoms with E-state index in [2.05, 4.69) is 31.3 Å². The number of rotatable bonds is 4. The number of nitrogens with one attached hydrogen (secondary N) is 1. The van der Waals surface area contributed by atoms with Crippen LogP contribution in [0.2, 0.25) is 0 Å². The summed E-state index contributed by atoms with van der Waals surface area (Å²) in [5.74, 6) is -1.06. The molecule has 0 fully saturated rings. The normalized spacial score (nSPS) is 11.5. The van der Waals surface area contributed by atoms with Crippen LogP contribution in [0.4, 0.5) is 30.2 Å². The molecule has 0 atom stereocenters. The van der Waals surface area contributed by atoms with Gasteiger partial charge in [-0.05, 0) is 35.8 Å². The van der Waals surface area contributed by atoms with E-state index in [1.165, 1.54) is 13.8 Å². The van der Waals surface area contributed by atoms with E-state index in [0.29, 0.717) is 4.52 Å². The molecule has 1 aromatic carbocycles. The summed E-state index contributed by atoms with van der Waals surface area (Å²) in [6.07, 6.45) is -4.79. The first-order chi connectivity index (χ1) is 14.3. The zero-order valence-electron chi connectivity index (χ0n) is 15.5.